The first-order valence-electron chi connectivity index (χ1n) is 10.4. The number of phenolic OH excluding ortho intramolecular Hbond substituents is 1. The van der Waals surface area contributed by atoms with Crippen molar-refractivity contribution in [1.82, 2.24) is 30.1 Å². The summed E-state index contributed by atoms with van der Waals surface area (Å²) >= 11 is 0. The topological polar surface area (TPSA) is 113 Å². The van der Waals surface area contributed by atoms with Crippen LogP contribution in [0.25, 0.3) is 55.6 Å². The summed E-state index contributed by atoms with van der Waals surface area (Å²) in [6.07, 6.45) is 8.44. The van der Waals surface area contributed by atoms with E-state index in [4.69, 9.17) is 4.74 Å². The lowest BCUT2D eigenvalue weighted by molar-refractivity contribution is 0.413. The first-order valence-corrected chi connectivity index (χ1v) is 10.4. The van der Waals surface area contributed by atoms with Gasteiger partial charge in [-0.15, -0.1) is 0 Å². The lowest BCUT2D eigenvalue weighted by atomic mass is 10.0. The Balaban J connectivity index is 1.49. The third-order valence-electron chi connectivity index (χ3n) is 5.69. The second-order valence-corrected chi connectivity index (χ2v) is 7.83. The molecule has 0 saturated carbocycles. The van der Waals surface area contributed by atoms with E-state index < -0.39 is 5.82 Å². The molecular formula is C25H17FN6O2. The summed E-state index contributed by atoms with van der Waals surface area (Å²) in [5.74, 6) is -0.0212. The van der Waals surface area contributed by atoms with Gasteiger partial charge in [0, 0.05) is 40.4 Å². The number of aromatic amines is 2. The SMILES string of the molecule is COc1cncc(-c2cc3c(-c4cc5c(-c6cc(O)cc(F)c6)cncc5[nH]4)n[nH]c3cn2)c1. The van der Waals surface area contributed by atoms with Gasteiger partial charge in [0.05, 0.1) is 48.1 Å². The summed E-state index contributed by atoms with van der Waals surface area (Å²) in [6.45, 7) is 0. The largest absolute Gasteiger partial charge is 0.508 e. The maximum absolute atomic E-state index is 13.9. The van der Waals surface area contributed by atoms with Crippen molar-refractivity contribution in [1.29, 1.82) is 0 Å². The number of methoxy groups -OCH3 is 1. The van der Waals surface area contributed by atoms with Gasteiger partial charge in [-0.3, -0.25) is 20.1 Å². The van der Waals surface area contributed by atoms with Gasteiger partial charge in [-0.25, -0.2) is 4.39 Å². The minimum absolute atomic E-state index is 0.145. The van der Waals surface area contributed by atoms with Gasteiger partial charge >= 0.3 is 0 Å². The molecule has 0 radical (unpaired) electrons. The van der Waals surface area contributed by atoms with E-state index in [0.29, 0.717) is 22.6 Å². The van der Waals surface area contributed by atoms with Crippen molar-refractivity contribution in [3.63, 3.8) is 0 Å². The van der Waals surface area contributed by atoms with E-state index in [1.165, 1.54) is 12.1 Å². The Labute approximate surface area is 192 Å². The quantitative estimate of drug-likeness (QED) is 0.344. The number of aromatic nitrogens is 6. The smallest absolute Gasteiger partial charge is 0.137 e. The van der Waals surface area contributed by atoms with Crippen LogP contribution < -0.4 is 4.74 Å². The molecule has 5 heterocycles. The number of rotatable bonds is 4. The molecule has 0 aliphatic rings. The van der Waals surface area contributed by atoms with Crippen molar-refractivity contribution in [2.24, 2.45) is 0 Å². The van der Waals surface area contributed by atoms with Gasteiger partial charge in [-0.2, -0.15) is 5.10 Å². The summed E-state index contributed by atoms with van der Waals surface area (Å²) in [5, 5.41) is 19.1. The number of benzene rings is 1. The highest BCUT2D eigenvalue weighted by atomic mass is 19.1. The summed E-state index contributed by atoms with van der Waals surface area (Å²) in [7, 11) is 1.59. The van der Waals surface area contributed by atoms with Crippen LogP contribution in [-0.2, 0) is 0 Å². The summed E-state index contributed by atoms with van der Waals surface area (Å²) in [4.78, 5) is 16.4. The van der Waals surface area contributed by atoms with Crippen LogP contribution in [0.1, 0.15) is 0 Å². The van der Waals surface area contributed by atoms with Crippen LogP contribution in [-0.4, -0.2) is 42.3 Å². The van der Waals surface area contributed by atoms with Crippen LogP contribution in [0.5, 0.6) is 11.5 Å². The molecular weight excluding hydrogens is 435 g/mol. The Morgan fingerprint density at radius 1 is 0.853 bits per heavy atom. The molecule has 5 aromatic heterocycles. The predicted molar refractivity (Wildman–Crippen MR) is 126 cm³/mol. The van der Waals surface area contributed by atoms with Crippen LogP contribution in [0.15, 0.2) is 67.4 Å². The van der Waals surface area contributed by atoms with E-state index >= 15 is 0 Å². The zero-order valence-electron chi connectivity index (χ0n) is 17.9. The Morgan fingerprint density at radius 3 is 2.59 bits per heavy atom. The highest BCUT2D eigenvalue weighted by Gasteiger charge is 2.16. The van der Waals surface area contributed by atoms with Crippen LogP contribution in [0.3, 0.4) is 0 Å². The number of ether oxygens (including phenoxy) is 1. The second kappa shape index (κ2) is 7.66. The number of phenols is 1. The van der Waals surface area contributed by atoms with E-state index in [2.05, 4.69) is 30.1 Å². The van der Waals surface area contributed by atoms with Crippen molar-refractivity contribution in [3.8, 4) is 45.3 Å². The zero-order valence-corrected chi connectivity index (χ0v) is 17.9. The number of H-pyrrole nitrogens is 2. The summed E-state index contributed by atoms with van der Waals surface area (Å²) in [6, 6.07) is 9.70. The van der Waals surface area contributed by atoms with Crippen LogP contribution in [0.2, 0.25) is 0 Å². The predicted octanol–water partition coefficient (Wildman–Crippen LogP) is 5.08. The lowest BCUT2D eigenvalue weighted by Gasteiger charge is -2.04. The molecule has 34 heavy (non-hydrogen) atoms. The molecule has 0 fully saturated rings. The van der Waals surface area contributed by atoms with E-state index in [1.54, 1.807) is 38.1 Å². The number of aromatic hydroxyl groups is 1. The Hall–Kier alpha value is -4.79. The molecule has 0 aliphatic carbocycles. The van der Waals surface area contributed by atoms with Crippen LogP contribution in [0, 0.1) is 5.82 Å². The van der Waals surface area contributed by atoms with Crippen molar-refractivity contribution >= 4 is 21.8 Å². The number of halogens is 1. The molecule has 0 spiro atoms. The molecule has 0 bridgehead atoms. The molecule has 6 aromatic rings. The standard InChI is InChI=1S/C25H17FN6O2/c1-34-17-4-14(8-27-9-17)21-7-19-24(12-29-21)31-32-25(19)22-6-18-20(10-28-11-23(18)30-22)13-2-15(26)5-16(33)3-13/h2-12,30,33H,1H3,(H,31,32). The molecule has 8 nitrogen and oxygen atoms in total. The fourth-order valence-corrected chi connectivity index (χ4v) is 4.09. The first kappa shape index (κ1) is 19.9. The minimum atomic E-state index is -0.520. The van der Waals surface area contributed by atoms with Crippen molar-refractivity contribution in [2.45, 2.75) is 0 Å². The molecule has 1 aromatic carbocycles. The van der Waals surface area contributed by atoms with Crippen molar-refractivity contribution in [2.75, 3.05) is 7.11 Å². The van der Waals surface area contributed by atoms with Gasteiger partial charge < -0.3 is 14.8 Å². The Kier molecular flexibility index (Phi) is 4.48. The fraction of sp³-hybridized carbons (Fsp3) is 0.0400. The van der Waals surface area contributed by atoms with Gasteiger partial charge in [0.2, 0.25) is 0 Å². The molecule has 0 aliphatic heterocycles. The highest BCUT2D eigenvalue weighted by Crippen LogP contribution is 2.35. The van der Waals surface area contributed by atoms with Crippen LogP contribution in [0.4, 0.5) is 4.39 Å². The molecule has 6 rings (SSSR count). The van der Waals surface area contributed by atoms with Crippen molar-refractivity contribution < 1.29 is 14.2 Å². The number of nitrogens with zero attached hydrogens (tertiary/aromatic N) is 4. The molecule has 166 valence electrons. The molecule has 0 saturated heterocycles. The monoisotopic (exact) mass is 452 g/mol. The highest BCUT2D eigenvalue weighted by molar-refractivity contribution is 6.01. The Morgan fingerprint density at radius 2 is 1.74 bits per heavy atom. The zero-order chi connectivity index (χ0) is 23.2. The van der Waals surface area contributed by atoms with E-state index in [-0.39, 0.29) is 5.75 Å². The fourth-order valence-electron chi connectivity index (χ4n) is 4.09. The number of hydrogen-bond donors (Lipinski definition) is 3. The summed E-state index contributed by atoms with van der Waals surface area (Å²) < 4.78 is 19.2. The molecule has 0 atom stereocenters. The normalized spacial score (nSPS) is 11.4. The maximum atomic E-state index is 13.9. The summed E-state index contributed by atoms with van der Waals surface area (Å²) in [5.41, 5.74) is 5.79. The van der Waals surface area contributed by atoms with Crippen molar-refractivity contribution in [3.05, 3.63) is 73.2 Å². The van der Waals surface area contributed by atoms with E-state index in [9.17, 15) is 9.50 Å². The second-order valence-electron chi connectivity index (χ2n) is 7.83. The number of fused-ring (bicyclic) bond motifs is 2. The van der Waals surface area contributed by atoms with Crippen LogP contribution >= 0.6 is 0 Å². The average Bonchev–Trinajstić information content (AvgIpc) is 3.46. The first-order chi connectivity index (χ1) is 16.6. The maximum Gasteiger partial charge on any atom is 0.137 e. The Bertz CT molecular complexity index is 1670. The molecule has 9 heteroatoms. The number of pyridine rings is 3. The number of nitrogens with one attached hydrogen (secondary N) is 2. The third-order valence-corrected chi connectivity index (χ3v) is 5.69. The third kappa shape index (κ3) is 3.30. The molecule has 0 amide bonds. The minimum Gasteiger partial charge on any atom is -0.508 e. The van der Waals surface area contributed by atoms with Gasteiger partial charge in [-0.05, 0) is 35.9 Å². The molecule has 0 unspecified atom stereocenters. The van der Waals surface area contributed by atoms with Gasteiger partial charge in [0.25, 0.3) is 0 Å². The van der Waals surface area contributed by atoms with Gasteiger partial charge in [0.15, 0.2) is 0 Å². The van der Waals surface area contributed by atoms with Gasteiger partial charge in [0.1, 0.15) is 23.0 Å². The lowest BCUT2D eigenvalue weighted by Crippen LogP contribution is -1.88. The number of hydrogen-bond acceptors (Lipinski definition) is 6. The van der Waals surface area contributed by atoms with E-state index in [1.807, 2.05) is 18.2 Å². The van der Waals surface area contributed by atoms with Gasteiger partial charge in [-0.1, -0.05) is 0 Å². The molecule has 3 N–H and O–H groups in total. The van der Waals surface area contributed by atoms with E-state index in [0.717, 1.165) is 44.8 Å². The average molecular weight is 452 g/mol.